The lowest BCUT2D eigenvalue weighted by Gasteiger charge is -2.19. The molecule has 0 amide bonds. The standard InChI is InChI=1S/C15H20FN3S/c1-15(2,3)17-9-11-10-20-14(18-11)19(4)13-8-6-5-7-12(13)16/h5-8,10,17H,9H2,1-4H3. The minimum Gasteiger partial charge on any atom is -0.318 e. The molecule has 0 fully saturated rings. The predicted molar refractivity (Wildman–Crippen MR) is 83.2 cm³/mol. The largest absolute Gasteiger partial charge is 0.318 e. The molecule has 2 rings (SSSR count). The maximum Gasteiger partial charge on any atom is 0.189 e. The van der Waals surface area contributed by atoms with Crippen molar-refractivity contribution >= 4 is 22.2 Å². The molecular formula is C15H20FN3S. The summed E-state index contributed by atoms with van der Waals surface area (Å²) >= 11 is 1.52. The number of halogens is 1. The number of nitrogens with zero attached hydrogens (tertiary/aromatic N) is 2. The Hall–Kier alpha value is -1.46. The Morgan fingerprint density at radius 2 is 2.00 bits per heavy atom. The second-order valence-corrected chi connectivity index (χ2v) is 6.57. The summed E-state index contributed by atoms with van der Waals surface area (Å²) < 4.78 is 13.8. The van der Waals surface area contributed by atoms with Crippen molar-refractivity contribution in [1.29, 1.82) is 0 Å². The van der Waals surface area contributed by atoms with Gasteiger partial charge in [0.2, 0.25) is 0 Å². The highest BCUT2D eigenvalue weighted by Gasteiger charge is 2.14. The molecule has 5 heteroatoms. The van der Waals surface area contributed by atoms with Gasteiger partial charge in [-0.25, -0.2) is 9.37 Å². The minimum absolute atomic E-state index is 0.0568. The Bertz CT molecular complexity index is 574. The van der Waals surface area contributed by atoms with Crippen molar-refractivity contribution in [1.82, 2.24) is 10.3 Å². The van der Waals surface area contributed by atoms with Crippen molar-refractivity contribution in [2.45, 2.75) is 32.9 Å². The highest BCUT2D eigenvalue weighted by molar-refractivity contribution is 7.13. The van der Waals surface area contributed by atoms with Crippen molar-refractivity contribution in [3.8, 4) is 0 Å². The van der Waals surface area contributed by atoms with Crippen LogP contribution in [0, 0.1) is 5.82 Å². The summed E-state index contributed by atoms with van der Waals surface area (Å²) in [5, 5.41) is 6.19. The molecule has 1 heterocycles. The normalized spacial score (nSPS) is 11.7. The Labute approximate surface area is 123 Å². The van der Waals surface area contributed by atoms with E-state index < -0.39 is 0 Å². The lowest BCUT2D eigenvalue weighted by Crippen LogP contribution is -2.35. The summed E-state index contributed by atoms with van der Waals surface area (Å²) in [5.41, 5.74) is 1.57. The molecule has 0 saturated heterocycles. The summed E-state index contributed by atoms with van der Waals surface area (Å²) in [5.74, 6) is -0.237. The maximum absolute atomic E-state index is 13.8. The number of para-hydroxylation sites is 1. The van der Waals surface area contributed by atoms with Gasteiger partial charge in [-0.2, -0.15) is 0 Å². The third kappa shape index (κ3) is 3.77. The second kappa shape index (κ2) is 5.89. The minimum atomic E-state index is -0.237. The molecule has 0 saturated carbocycles. The zero-order valence-electron chi connectivity index (χ0n) is 12.3. The van der Waals surface area contributed by atoms with Gasteiger partial charge in [-0.3, -0.25) is 0 Å². The first-order valence-electron chi connectivity index (χ1n) is 6.54. The predicted octanol–water partition coefficient (Wildman–Crippen LogP) is 3.94. The lowest BCUT2D eigenvalue weighted by molar-refractivity contribution is 0.422. The molecule has 0 radical (unpaired) electrons. The van der Waals surface area contributed by atoms with E-state index in [4.69, 9.17) is 0 Å². The average Bonchev–Trinajstić information content (AvgIpc) is 2.84. The molecular weight excluding hydrogens is 273 g/mol. The zero-order chi connectivity index (χ0) is 14.8. The molecule has 1 aromatic heterocycles. The van der Waals surface area contributed by atoms with Gasteiger partial charge in [-0.15, -0.1) is 11.3 Å². The zero-order valence-corrected chi connectivity index (χ0v) is 13.1. The van der Waals surface area contributed by atoms with Crippen molar-refractivity contribution < 1.29 is 4.39 Å². The first kappa shape index (κ1) is 14.9. The molecule has 0 unspecified atom stereocenters. The van der Waals surface area contributed by atoms with Gasteiger partial charge in [-0.1, -0.05) is 12.1 Å². The number of hydrogen-bond acceptors (Lipinski definition) is 4. The molecule has 0 spiro atoms. The van der Waals surface area contributed by atoms with Crippen LogP contribution in [0.2, 0.25) is 0 Å². The summed E-state index contributed by atoms with van der Waals surface area (Å²) in [6, 6.07) is 6.73. The molecule has 2 aromatic rings. The monoisotopic (exact) mass is 293 g/mol. The molecule has 1 N–H and O–H groups in total. The number of rotatable bonds is 4. The summed E-state index contributed by atoms with van der Waals surface area (Å²) in [4.78, 5) is 6.32. The van der Waals surface area contributed by atoms with Crippen LogP contribution in [0.3, 0.4) is 0 Å². The third-order valence-corrected chi connectivity index (χ3v) is 3.81. The van der Waals surface area contributed by atoms with Crippen LogP contribution in [-0.2, 0) is 6.54 Å². The van der Waals surface area contributed by atoms with E-state index in [2.05, 4.69) is 31.1 Å². The van der Waals surface area contributed by atoms with Crippen molar-refractivity contribution in [3.05, 3.63) is 41.2 Å². The highest BCUT2D eigenvalue weighted by Crippen LogP contribution is 2.28. The van der Waals surface area contributed by atoms with Crippen LogP contribution in [-0.4, -0.2) is 17.6 Å². The molecule has 0 aliphatic carbocycles. The van der Waals surface area contributed by atoms with E-state index in [-0.39, 0.29) is 11.4 Å². The van der Waals surface area contributed by atoms with Gasteiger partial charge in [0, 0.05) is 24.5 Å². The molecule has 0 aliphatic heterocycles. The van der Waals surface area contributed by atoms with Crippen LogP contribution in [0.1, 0.15) is 26.5 Å². The van der Waals surface area contributed by atoms with Crippen molar-refractivity contribution in [3.63, 3.8) is 0 Å². The van der Waals surface area contributed by atoms with E-state index in [0.29, 0.717) is 12.2 Å². The Morgan fingerprint density at radius 1 is 1.30 bits per heavy atom. The second-order valence-electron chi connectivity index (χ2n) is 5.74. The van der Waals surface area contributed by atoms with Crippen molar-refractivity contribution in [2.24, 2.45) is 0 Å². The third-order valence-electron chi connectivity index (χ3n) is 2.84. The topological polar surface area (TPSA) is 28.2 Å². The maximum atomic E-state index is 13.8. The smallest absolute Gasteiger partial charge is 0.189 e. The Kier molecular flexibility index (Phi) is 4.40. The number of hydrogen-bond donors (Lipinski definition) is 1. The molecule has 0 aliphatic rings. The number of anilines is 2. The lowest BCUT2D eigenvalue weighted by atomic mass is 10.1. The Balaban J connectivity index is 2.11. The van der Waals surface area contributed by atoms with Crippen LogP contribution >= 0.6 is 11.3 Å². The van der Waals surface area contributed by atoms with Gasteiger partial charge in [0.15, 0.2) is 5.13 Å². The van der Waals surface area contributed by atoms with Gasteiger partial charge >= 0.3 is 0 Å². The van der Waals surface area contributed by atoms with Gasteiger partial charge < -0.3 is 10.2 Å². The van der Waals surface area contributed by atoms with E-state index in [9.17, 15) is 4.39 Å². The summed E-state index contributed by atoms with van der Waals surface area (Å²) in [7, 11) is 1.83. The number of benzene rings is 1. The molecule has 1 aromatic carbocycles. The van der Waals surface area contributed by atoms with Crippen LogP contribution in [0.25, 0.3) is 0 Å². The van der Waals surface area contributed by atoms with E-state index >= 15 is 0 Å². The number of thiazole rings is 1. The molecule has 20 heavy (non-hydrogen) atoms. The summed E-state index contributed by atoms with van der Waals surface area (Å²) in [6.45, 7) is 7.06. The molecule has 0 bridgehead atoms. The fourth-order valence-electron chi connectivity index (χ4n) is 1.71. The quantitative estimate of drug-likeness (QED) is 0.925. The first-order chi connectivity index (χ1) is 9.37. The van der Waals surface area contributed by atoms with E-state index in [0.717, 1.165) is 10.8 Å². The number of aromatic nitrogens is 1. The van der Waals surface area contributed by atoms with Gasteiger partial charge in [0.1, 0.15) is 5.82 Å². The molecule has 0 atom stereocenters. The van der Waals surface area contributed by atoms with Crippen LogP contribution in [0.15, 0.2) is 29.6 Å². The van der Waals surface area contributed by atoms with E-state index in [1.165, 1.54) is 17.4 Å². The van der Waals surface area contributed by atoms with E-state index in [1.807, 2.05) is 18.5 Å². The van der Waals surface area contributed by atoms with Gasteiger partial charge in [0.25, 0.3) is 0 Å². The fourth-order valence-corrected chi connectivity index (χ4v) is 2.52. The fraction of sp³-hybridized carbons (Fsp3) is 0.400. The van der Waals surface area contributed by atoms with Crippen LogP contribution in [0.5, 0.6) is 0 Å². The van der Waals surface area contributed by atoms with Crippen LogP contribution < -0.4 is 10.2 Å². The summed E-state index contributed by atoms with van der Waals surface area (Å²) in [6.07, 6.45) is 0. The average molecular weight is 293 g/mol. The number of nitrogens with one attached hydrogen (secondary N) is 1. The van der Waals surface area contributed by atoms with Crippen molar-refractivity contribution in [2.75, 3.05) is 11.9 Å². The molecule has 108 valence electrons. The Morgan fingerprint density at radius 3 is 2.65 bits per heavy atom. The first-order valence-corrected chi connectivity index (χ1v) is 7.42. The van der Waals surface area contributed by atoms with Gasteiger partial charge in [-0.05, 0) is 32.9 Å². The molecule has 3 nitrogen and oxygen atoms in total. The van der Waals surface area contributed by atoms with E-state index in [1.54, 1.807) is 17.0 Å². The SMILES string of the molecule is CN(c1nc(CNC(C)(C)C)cs1)c1ccccc1F. The highest BCUT2D eigenvalue weighted by atomic mass is 32.1. The van der Waals surface area contributed by atoms with Gasteiger partial charge in [0.05, 0.1) is 11.4 Å². The van der Waals surface area contributed by atoms with Crippen LogP contribution in [0.4, 0.5) is 15.2 Å².